The number of nitriles is 1. The highest BCUT2D eigenvalue weighted by molar-refractivity contribution is 5.68. The number of rotatable bonds is 2. The molecule has 0 saturated carbocycles. The molecule has 9 heteroatoms. The SMILES string of the molecule is CC(C)(C)OC(=O)N1CCCC(c2nc(-c3cnccn3)nc(N)c2C#N)C1. The van der Waals surface area contributed by atoms with E-state index in [1.165, 1.54) is 6.20 Å². The van der Waals surface area contributed by atoms with Gasteiger partial charge in [0.05, 0.1) is 11.9 Å². The van der Waals surface area contributed by atoms with Crippen LogP contribution >= 0.6 is 0 Å². The summed E-state index contributed by atoms with van der Waals surface area (Å²) >= 11 is 0. The van der Waals surface area contributed by atoms with E-state index in [9.17, 15) is 10.1 Å². The number of carbonyl (C=O) groups excluding carboxylic acids is 1. The normalized spacial score (nSPS) is 17.1. The maximum Gasteiger partial charge on any atom is 0.410 e. The van der Waals surface area contributed by atoms with Crippen LogP contribution in [0.25, 0.3) is 11.5 Å². The van der Waals surface area contributed by atoms with Gasteiger partial charge >= 0.3 is 6.09 Å². The van der Waals surface area contributed by atoms with Crippen molar-refractivity contribution in [2.24, 2.45) is 0 Å². The Balaban J connectivity index is 1.92. The third-order valence-corrected chi connectivity index (χ3v) is 4.33. The Bertz CT molecular complexity index is 903. The molecule has 0 bridgehead atoms. The predicted octanol–water partition coefficient (Wildman–Crippen LogP) is 2.50. The van der Waals surface area contributed by atoms with Crippen LogP contribution in [0.15, 0.2) is 18.6 Å². The van der Waals surface area contributed by atoms with Crippen molar-refractivity contribution in [3.63, 3.8) is 0 Å². The number of amides is 1. The zero-order chi connectivity index (χ0) is 20.3. The lowest BCUT2D eigenvalue weighted by Gasteiger charge is -2.34. The molecule has 28 heavy (non-hydrogen) atoms. The Labute approximate surface area is 163 Å². The van der Waals surface area contributed by atoms with Gasteiger partial charge in [0.1, 0.15) is 28.7 Å². The minimum Gasteiger partial charge on any atom is -0.444 e. The molecule has 0 radical (unpaired) electrons. The van der Waals surface area contributed by atoms with Crippen molar-refractivity contribution in [1.82, 2.24) is 24.8 Å². The number of nitrogens with zero attached hydrogens (tertiary/aromatic N) is 6. The largest absolute Gasteiger partial charge is 0.444 e. The van der Waals surface area contributed by atoms with E-state index in [2.05, 4.69) is 26.0 Å². The first-order valence-electron chi connectivity index (χ1n) is 9.10. The number of piperidine rings is 1. The van der Waals surface area contributed by atoms with E-state index >= 15 is 0 Å². The Morgan fingerprint density at radius 3 is 2.79 bits per heavy atom. The molecule has 0 aromatic carbocycles. The molecule has 2 aromatic heterocycles. The molecular weight excluding hydrogens is 358 g/mol. The number of likely N-dealkylation sites (tertiary alicyclic amines) is 1. The fraction of sp³-hybridized carbons (Fsp3) is 0.474. The summed E-state index contributed by atoms with van der Waals surface area (Å²) in [5.74, 6) is 0.271. The quantitative estimate of drug-likeness (QED) is 0.839. The first-order valence-corrected chi connectivity index (χ1v) is 9.10. The number of nitrogens with two attached hydrogens (primary N) is 1. The average Bonchev–Trinajstić information content (AvgIpc) is 2.67. The van der Waals surface area contributed by atoms with Crippen LogP contribution < -0.4 is 5.73 Å². The number of nitrogen functional groups attached to an aromatic ring is 1. The fourth-order valence-electron chi connectivity index (χ4n) is 3.13. The lowest BCUT2D eigenvalue weighted by atomic mass is 9.92. The smallest absolute Gasteiger partial charge is 0.410 e. The number of anilines is 1. The highest BCUT2D eigenvalue weighted by atomic mass is 16.6. The predicted molar refractivity (Wildman–Crippen MR) is 102 cm³/mol. The van der Waals surface area contributed by atoms with E-state index in [0.29, 0.717) is 30.3 Å². The summed E-state index contributed by atoms with van der Waals surface area (Å²) in [6, 6.07) is 2.10. The topological polar surface area (TPSA) is 131 Å². The van der Waals surface area contributed by atoms with Crippen LogP contribution in [0.2, 0.25) is 0 Å². The maximum atomic E-state index is 12.5. The zero-order valence-corrected chi connectivity index (χ0v) is 16.2. The van der Waals surface area contributed by atoms with Crippen LogP contribution in [0.1, 0.15) is 50.8 Å². The van der Waals surface area contributed by atoms with E-state index in [-0.39, 0.29) is 23.4 Å². The van der Waals surface area contributed by atoms with Crippen LogP contribution in [0.5, 0.6) is 0 Å². The van der Waals surface area contributed by atoms with Gasteiger partial charge in [-0.3, -0.25) is 4.98 Å². The van der Waals surface area contributed by atoms with Crippen molar-refractivity contribution in [3.8, 4) is 17.6 Å². The number of aromatic nitrogens is 4. The van der Waals surface area contributed by atoms with Crippen LogP contribution in [-0.2, 0) is 4.74 Å². The summed E-state index contributed by atoms with van der Waals surface area (Å²) in [5.41, 5.74) is 6.70. The minimum atomic E-state index is -0.569. The van der Waals surface area contributed by atoms with Gasteiger partial charge in [0.15, 0.2) is 5.82 Å². The monoisotopic (exact) mass is 381 g/mol. The van der Waals surface area contributed by atoms with Gasteiger partial charge in [0, 0.05) is 31.4 Å². The summed E-state index contributed by atoms with van der Waals surface area (Å²) in [6.07, 6.45) is 5.82. The van der Waals surface area contributed by atoms with E-state index < -0.39 is 5.60 Å². The van der Waals surface area contributed by atoms with Gasteiger partial charge in [0.2, 0.25) is 0 Å². The molecular formula is C19H23N7O2. The molecule has 146 valence electrons. The van der Waals surface area contributed by atoms with Crippen LogP contribution in [0.3, 0.4) is 0 Å². The van der Waals surface area contributed by atoms with Crippen molar-refractivity contribution >= 4 is 11.9 Å². The van der Waals surface area contributed by atoms with Crippen LogP contribution in [-0.4, -0.2) is 49.6 Å². The first kappa shape index (κ1) is 19.5. The Morgan fingerprint density at radius 1 is 1.36 bits per heavy atom. The van der Waals surface area contributed by atoms with Gasteiger partial charge in [-0.2, -0.15) is 5.26 Å². The lowest BCUT2D eigenvalue weighted by molar-refractivity contribution is 0.0197. The van der Waals surface area contributed by atoms with Gasteiger partial charge in [0.25, 0.3) is 0 Å². The van der Waals surface area contributed by atoms with Gasteiger partial charge < -0.3 is 15.4 Å². The summed E-state index contributed by atoms with van der Waals surface area (Å²) in [6.45, 7) is 6.50. The van der Waals surface area contributed by atoms with Crippen LogP contribution in [0.4, 0.5) is 10.6 Å². The van der Waals surface area contributed by atoms with Crippen molar-refractivity contribution in [2.75, 3.05) is 18.8 Å². The molecule has 1 atom stereocenters. The Morgan fingerprint density at radius 2 is 2.14 bits per heavy atom. The second-order valence-corrected chi connectivity index (χ2v) is 7.66. The molecule has 0 aliphatic carbocycles. The number of ether oxygens (including phenoxy) is 1. The van der Waals surface area contributed by atoms with Gasteiger partial charge in [-0.15, -0.1) is 0 Å². The third-order valence-electron chi connectivity index (χ3n) is 4.33. The summed E-state index contributed by atoms with van der Waals surface area (Å²) in [5, 5.41) is 9.58. The Hall–Kier alpha value is -3.28. The molecule has 3 heterocycles. The molecule has 1 fully saturated rings. The van der Waals surface area contributed by atoms with Crippen molar-refractivity contribution in [3.05, 3.63) is 29.8 Å². The van der Waals surface area contributed by atoms with Gasteiger partial charge in [-0.25, -0.2) is 19.7 Å². The van der Waals surface area contributed by atoms with Gasteiger partial charge in [-0.05, 0) is 33.6 Å². The van der Waals surface area contributed by atoms with Crippen molar-refractivity contribution in [1.29, 1.82) is 5.26 Å². The number of carbonyl (C=O) groups is 1. The highest BCUT2D eigenvalue weighted by Gasteiger charge is 2.31. The van der Waals surface area contributed by atoms with E-state index in [4.69, 9.17) is 10.5 Å². The molecule has 2 aromatic rings. The second kappa shape index (κ2) is 7.76. The molecule has 1 amide bonds. The van der Waals surface area contributed by atoms with E-state index in [1.54, 1.807) is 17.3 Å². The van der Waals surface area contributed by atoms with E-state index in [0.717, 1.165) is 12.8 Å². The third kappa shape index (κ3) is 4.34. The molecule has 3 rings (SSSR count). The molecule has 1 saturated heterocycles. The van der Waals surface area contributed by atoms with Crippen LogP contribution in [0, 0.1) is 11.3 Å². The summed E-state index contributed by atoms with van der Waals surface area (Å²) in [7, 11) is 0. The molecule has 9 nitrogen and oxygen atoms in total. The number of hydrogen-bond donors (Lipinski definition) is 1. The molecule has 1 aliphatic heterocycles. The molecule has 1 unspecified atom stereocenters. The first-order chi connectivity index (χ1) is 13.3. The molecule has 1 aliphatic rings. The lowest BCUT2D eigenvalue weighted by Crippen LogP contribution is -2.42. The van der Waals surface area contributed by atoms with Gasteiger partial charge in [-0.1, -0.05) is 0 Å². The molecule has 0 spiro atoms. The highest BCUT2D eigenvalue weighted by Crippen LogP contribution is 2.31. The average molecular weight is 381 g/mol. The summed E-state index contributed by atoms with van der Waals surface area (Å²) in [4.78, 5) is 31.1. The van der Waals surface area contributed by atoms with E-state index in [1.807, 2.05) is 20.8 Å². The standard InChI is InChI=1S/C19H23N7O2/c1-19(2,3)28-18(27)26-8-4-5-12(11-26)15-13(9-20)16(21)25-17(24-15)14-10-22-6-7-23-14/h6-7,10,12H,4-5,8,11H2,1-3H3,(H2,21,24,25). The summed E-state index contributed by atoms with van der Waals surface area (Å²) < 4.78 is 5.48. The maximum absolute atomic E-state index is 12.5. The van der Waals surface area contributed by atoms with Crippen molar-refractivity contribution < 1.29 is 9.53 Å². The molecule has 2 N–H and O–H groups in total. The Kier molecular flexibility index (Phi) is 5.40. The number of hydrogen-bond acceptors (Lipinski definition) is 8. The zero-order valence-electron chi connectivity index (χ0n) is 16.2. The minimum absolute atomic E-state index is 0.0996. The fourth-order valence-corrected chi connectivity index (χ4v) is 3.13. The second-order valence-electron chi connectivity index (χ2n) is 7.66. The van der Waals surface area contributed by atoms with Crippen molar-refractivity contribution in [2.45, 2.75) is 45.1 Å².